The van der Waals surface area contributed by atoms with Gasteiger partial charge in [0.1, 0.15) is 11.5 Å². The van der Waals surface area contributed by atoms with Gasteiger partial charge in [0.15, 0.2) is 5.82 Å². The van der Waals surface area contributed by atoms with Crippen LogP contribution in [-0.2, 0) is 0 Å². The third-order valence-corrected chi connectivity index (χ3v) is 1.90. The summed E-state index contributed by atoms with van der Waals surface area (Å²) in [5.41, 5.74) is 12.3. The number of fused-ring (bicyclic) bond motifs is 1. The predicted molar refractivity (Wildman–Crippen MR) is 50.3 cm³/mol. The van der Waals surface area contributed by atoms with Gasteiger partial charge in [-0.15, -0.1) is 5.10 Å². The number of H-pyrrole nitrogens is 1. The summed E-state index contributed by atoms with van der Waals surface area (Å²) >= 11 is 0. The Morgan fingerprint density at radius 1 is 1.38 bits per heavy atom. The summed E-state index contributed by atoms with van der Waals surface area (Å²) in [5, 5.41) is 6.98. The Kier molecular flexibility index (Phi) is 1.45. The molecule has 0 aliphatic rings. The Morgan fingerprint density at radius 2 is 2.08 bits per heavy atom. The van der Waals surface area contributed by atoms with Gasteiger partial charge in [0.05, 0.1) is 0 Å². The molecule has 6 nitrogen and oxygen atoms in total. The van der Waals surface area contributed by atoms with E-state index in [2.05, 4.69) is 15.2 Å². The summed E-state index contributed by atoms with van der Waals surface area (Å²) in [4.78, 5) is 4.25. The molecule has 2 heterocycles. The minimum Gasteiger partial charge on any atom is -0.393 e. The van der Waals surface area contributed by atoms with Gasteiger partial charge in [0, 0.05) is 5.92 Å². The Labute approximate surface area is 74.9 Å². The van der Waals surface area contributed by atoms with Crippen molar-refractivity contribution in [2.24, 2.45) is 0 Å². The first-order valence-corrected chi connectivity index (χ1v) is 4.09. The molecule has 0 bridgehead atoms. The van der Waals surface area contributed by atoms with Gasteiger partial charge in [0.2, 0.25) is 5.65 Å². The fraction of sp³-hybridized carbons (Fsp3) is 0.429. The molecule has 13 heavy (non-hydrogen) atoms. The molecule has 2 aromatic heterocycles. The third kappa shape index (κ3) is 1.02. The molecular weight excluding hydrogens is 168 g/mol. The van der Waals surface area contributed by atoms with Crippen LogP contribution in [0.4, 0.5) is 11.5 Å². The number of nitrogen functional groups attached to an aromatic ring is 2. The van der Waals surface area contributed by atoms with Crippen LogP contribution >= 0.6 is 0 Å². The fourth-order valence-corrected chi connectivity index (χ4v) is 1.12. The normalized spacial score (nSPS) is 11.6. The lowest BCUT2D eigenvalue weighted by atomic mass is 10.2. The molecular formula is C7H12N6. The van der Waals surface area contributed by atoms with E-state index in [0.29, 0.717) is 17.2 Å². The number of aromatic nitrogens is 4. The van der Waals surface area contributed by atoms with Crippen molar-refractivity contribution < 1.29 is 0 Å². The van der Waals surface area contributed by atoms with Crippen molar-refractivity contribution in [2.45, 2.75) is 19.8 Å². The van der Waals surface area contributed by atoms with Gasteiger partial charge >= 0.3 is 0 Å². The van der Waals surface area contributed by atoms with Gasteiger partial charge in [-0.05, 0) is 0 Å². The standard InChI is InChI=1S/C7H12N6/c1-3(2)6-10-7-4(8)5(9)11-13(7)12-6/h3,11H,8-9H2,1-2H3. The van der Waals surface area contributed by atoms with Crippen molar-refractivity contribution in [2.75, 3.05) is 11.5 Å². The monoisotopic (exact) mass is 180 g/mol. The Bertz CT molecular complexity index is 437. The van der Waals surface area contributed by atoms with Crippen molar-refractivity contribution in [3.8, 4) is 0 Å². The number of hydrogen-bond donors (Lipinski definition) is 3. The van der Waals surface area contributed by atoms with Crippen LogP contribution in [0.1, 0.15) is 25.6 Å². The van der Waals surface area contributed by atoms with E-state index in [1.807, 2.05) is 13.8 Å². The number of nitrogens with zero attached hydrogens (tertiary/aromatic N) is 3. The van der Waals surface area contributed by atoms with Gasteiger partial charge in [-0.3, -0.25) is 5.10 Å². The molecule has 0 unspecified atom stereocenters. The zero-order chi connectivity index (χ0) is 9.59. The van der Waals surface area contributed by atoms with Crippen molar-refractivity contribution in [3.63, 3.8) is 0 Å². The maximum absolute atomic E-state index is 5.67. The summed E-state index contributed by atoms with van der Waals surface area (Å²) in [5.74, 6) is 1.46. The molecule has 0 atom stereocenters. The van der Waals surface area contributed by atoms with E-state index in [9.17, 15) is 0 Å². The molecule has 6 heteroatoms. The molecule has 5 N–H and O–H groups in total. The molecule has 0 saturated heterocycles. The molecule has 0 aliphatic heterocycles. The van der Waals surface area contributed by atoms with E-state index in [-0.39, 0.29) is 5.92 Å². The van der Waals surface area contributed by atoms with E-state index in [1.54, 1.807) is 0 Å². The second-order valence-corrected chi connectivity index (χ2v) is 3.30. The van der Waals surface area contributed by atoms with E-state index >= 15 is 0 Å². The molecule has 0 spiro atoms. The van der Waals surface area contributed by atoms with Crippen LogP contribution in [0.2, 0.25) is 0 Å². The minimum absolute atomic E-state index is 0.286. The van der Waals surface area contributed by atoms with Gasteiger partial charge < -0.3 is 11.5 Å². The summed E-state index contributed by atoms with van der Waals surface area (Å²) in [6, 6.07) is 0. The molecule has 2 aromatic rings. The first kappa shape index (κ1) is 7.90. The highest BCUT2D eigenvalue weighted by molar-refractivity contribution is 5.75. The van der Waals surface area contributed by atoms with E-state index in [0.717, 1.165) is 5.82 Å². The number of anilines is 2. The van der Waals surface area contributed by atoms with E-state index < -0.39 is 0 Å². The van der Waals surface area contributed by atoms with Crippen LogP contribution in [0.5, 0.6) is 0 Å². The molecule has 0 aromatic carbocycles. The highest BCUT2D eigenvalue weighted by atomic mass is 15.5. The number of hydrogen-bond acceptors (Lipinski definition) is 4. The van der Waals surface area contributed by atoms with Gasteiger partial charge in [0.25, 0.3) is 0 Å². The first-order chi connectivity index (χ1) is 6.09. The van der Waals surface area contributed by atoms with Crippen molar-refractivity contribution in [1.29, 1.82) is 0 Å². The quantitative estimate of drug-likeness (QED) is 0.589. The maximum Gasteiger partial charge on any atom is 0.200 e. The largest absolute Gasteiger partial charge is 0.393 e. The lowest BCUT2D eigenvalue weighted by Crippen LogP contribution is -1.96. The smallest absolute Gasteiger partial charge is 0.200 e. The van der Waals surface area contributed by atoms with Gasteiger partial charge in [-0.1, -0.05) is 13.8 Å². The summed E-state index contributed by atoms with van der Waals surface area (Å²) in [6.07, 6.45) is 0. The summed E-state index contributed by atoms with van der Waals surface area (Å²) in [6.45, 7) is 4.04. The maximum atomic E-state index is 5.67. The summed E-state index contributed by atoms with van der Waals surface area (Å²) in [7, 11) is 0. The molecule has 0 aliphatic carbocycles. The van der Waals surface area contributed by atoms with E-state index in [4.69, 9.17) is 11.5 Å². The Balaban J connectivity index is 2.65. The predicted octanol–water partition coefficient (Wildman–Crippen LogP) is 0.345. The van der Waals surface area contributed by atoms with Crippen LogP contribution in [0.25, 0.3) is 5.65 Å². The number of aromatic amines is 1. The molecule has 0 radical (unpaired) electrons. The van der Waals surface area contributed by atoms with Crippen molar-refractivity contribution >= 4 is 17.2 Å². The average molecular weight is 180 g/mol. The topological polar surface area (TPSA) is 98.0 Å². The van der Waals surface area contributed by atoms with Crippen LogP contribution in [0.15, 0.2) is 0 Å². The second kappa shape index (κ2) is 2.38. The van der Waals surface area contributed by atoms with Gasteiger partial charge in [-0.25, -0.2) is 4.98 Å². The summed E-state index contributed by atoms with van der Waals surface area (Å²) < 4.78 is 1.50. The molecule has 0 fully saturated rings. The van der Waals surface area contributed by atoms with Crippen LogP contribution in [0, 0.1) is 0 Å². The highest BCUT2D eigenvalue weighted by Gasteiger charge is 2.12. The third-order valence-electron chi connectivity index (χ3n) is 1.90. The minimum atomic E-state index is 0.286. The van der Waals surface area contributed by atoms with Crippen LogP contribution in [0.3, 0.4) is 0 Å². The number of nitrogens with one attached hydrogen (secondary N) is 1. The number of rotatable bonds is 1. The van der Waals surface area contributed by atoms with E-state index in [1.165, 1.54) is 4.63 Å². The second-order valence-electron chi connectivity index (χ2n) is 3.30. The SMILES string of the molecule is CC(C)c1nc2c(N)c(N)[nH]n2n1. The first-order valence-electron chi connectivity index (χ1n) is 4.09. The Morgan fingerprint density at radius 3 is 2.62 bits per heavy atom. The van der Waals surface area contributed by atoms with Crippen LogP contribution in [-0.4, -0.2) is 19.8 Å². The molecule has 0 amide bonds. The fourth-order valence-electron chi connectivity index (χ4n) is 1.12. The zero-order valence-corrected chi connectivity index (χ0v) is 7.57. The highest BCUT2D eigenvalue weighted by Crippen LogP contribution is 2.20. The zero-order valence-electron chi connectivity index (χ0n) is 7.57. The lowest BCUT2D eigenvalue weighted by molar-refractivity contribution is 0.732. The molecule has 70 valence electrons. The van der Waals surface area contributed by atoms with Crippen LogP contribution < -0.4 is 11.5 Å². The van der Waals surface area contributed by atoms with Crippen molar-refractivity contribution in [1.82, 2.24) is 19.8 Å². The average Bonchev–Trinajstić information content (AvgIpc) is 2.55. The van der Waals surface area contributed by atoms with Gasteiger partial charge in [-0.2, -0.15) is 4.63 Å². The lowest BCUT2D eigenvalue weighted by Gasteiger charge is -1.94. The molecule has 2 rings (SSSR count). The van der Waals surface area contributed by atoms with Crippen molar-refractivity contribution in [3.05, 3.63) is 5.82 Å². The Hall–Kier alpha value is -1.72. The molecule has 0 saturated carbocycles. The number of nitrogens with two attached hydrogens (primary N) is 2.